The van der Waals surface area contributed by atoms with Crippen molar-refractivity contribution in [3.8, 4) is 10.7 Å². The number of halogens is 1. The summed E-state index contributed by atoms with van der Waals surface area (Å²) in [6.07, 6.45) is 0. The molecule has 0 aliphatic carbocycles. The van der Waals surface area contributed by atoms with Crippen LogP contribution in [0.3, 0.4) is 0 Å². The highest BCUT2D eigenvalue weighted by atomic mass is 79.9. The Morgan fingerprint density at radius 3 is 2.85 bits per heavy atom. The van der Waals surface area contributed by atoms with Crippen molar-refractivity contribution in [3.05, 3.63) is 33.9 Å². The molecule has 0 aliphatic rings. The van der Waals surface area contributed by atoms with Crippen molar-refractivity contribution >= 4 is 27.3 Å². The maximum Gasteiger partial charge on any atom is 0.170 e. The zero-order chi connectivity index (χ0) is 9.26. The topological polar surface area (TPSA) is 25.8 Å². The van der Waals surface area contributed by atoms with Crippen LogP contribution in [0.15, 0.2) is 28.2 Å². The minimum atomic E-state index is 0.793. The Bertz CT molecular complexity index is 391. The van der Waals surface area contributed by atoms with Crippen LogP contribution in [-0.4, -0.2) is 9.97 Å². The molecule has 2 nitrogen and oxygen atoms in total. The molecule has 0 atom stereocenters. The van der Waals surface area contributed by atoms with Gasteiger partial charge >= 0.3 is 0 Å². The van der Waals surface area contributed by atoms with E-state index in [4.69, 9.17) is 0 Å². The largest absolute Gasteiger partial charge is 0.233 e. The molecule has 0 unspecified atom stereocenters. The minimum Gasteiger partial charge on any atom is -0.233 e. The van der Waals surface area contributed by atoms with E-state index >= 15 is 0 Å². The Morgan fingerprint density at radius 2 is 2.23 bits per heavy atom. The van der Waals surface area contributed by atoms with Gasteiger partial charge < -0.3 is 0 Å². The Labute approximate surface area is 88.8 Å². The molecule has 13 heavy (non-hydrogen) atoms. The zero-order valence-electron chi connectivity index (χ0n) is 6.99. The van der Waals surface area contributed by atoms with Crippen LogP contribution in [0, 0.1) is 6.92 Å². The van der Waals surface area contributed by atoms with Gasteiger partial charge in [-0.1, -0.05) is 6.07 Å². The summed E-state index contributed by atoms with van der Waals surface area (Å²) in [6, 6.07) is 5.92. The number of thiophene rings is 1. The lowest BCUT2D eigenvalue weighted by Gasteiger charge is -1.98. The molecule has 0 aliphatic heterocycles. The highest BCUT2D eigenvalue weighted by Gasteiger charge is 2.03. The summed E-state index contributed by atoms with van der Waals surface area (Å²) in [5.74, 6) is 0.793. The van der Waals surface area contributed by atoms with E-state index in [1.54, 1.807) is 11.3 Å². The summed E-state index contributed by atoms with van der Waals surface area (Å²) in [7, 11) is 0. The Kier molecular flexibility index (Phi) is 2.42. The fourth-order valence-electron chi connectivity index (χ4n) is 1.05. The molecule has 0 N–H and O–H groups in total. The van der Waals surface area contributed by atoms with Gasteiger partial charge in [-0.15, -0.1) is 11.3 Å². The summed E-state index contributed by atoms with van der Waals surface area (Å²) in [5.41, 5.74) is 0.977. The van der Waals surface area contributed by atoms with Gasteiger partial charge in [0.1, 0.15) is 4.60 Å². The maximum atomic E-state index is 4.35. The van der Waals surface area contributed by atoms with E-state index in [-0.39, 0.29) is 0 Å². The van der Waals surface area contributed by atoms with Crippen molar-refractivity contribution in [2.75, 3.05) is 0 Å². The van der Waals surface area contributed by atoms with Crippen molar-refractivity contribution in [3.63, 3.8) is 0 Å². The number of aryl methyl sites for hydroxylation is 1. The summed E-state index contributed by atoms with van der Waals surface area (Å²) < 4.78 is 0.836. The van der Waals surface area contributed by atoms with Crippen LogP contribution in [0.2, 0.25) is 0 Å². The van der Waals surface area contributed by atoms with Gasteiger partial charge in [0.05, 0.1) is 4.88 Å². The Hall–Kier alpha value is -0.740. The molecule has 0 spiro atoms. The normalized spacial score (nSPS) is 10.3. The monoisotopic (exact) mass is 254 g/mol. The zero-order valence-corrected chi connectivity index (χ0v) is 9.39. The average Bonchev–Trinajstić information content (AvgIpc) is 2.53. The highest BCUT2D eigenvalue weighted by molar-refractivity contribution is 9.10. The first-order valence-electron chi connectivity index (χ1n) is 3.81. The highest BCUT2D eigenvalue weighted by Crippen LogP contribution is 2.22. The van der Waals surface area contributed by atoms with E-state index in [0.717, 1.165) is 21.0 Å². The first kappa shape index (κ1) is 8.84. The van der Waals surface area contributed by atoms with Crippen LogP contribution < -0.4 is 0 Å². The third kappa shape index (κ3) is 1.95. The van der Waals surface area contributed by atoms with Gasteiger partial charge in [0.25, 0.3) is 0 Å². The molecule has 2 aromatic heterocycles. The first-order valence-corrected chi connectivity index (χ1v) is 5.48. The first-order chi connectivity index (χ1) is 6.25. The van der Waals surface area contributed by atoms with Gasteiger partial charge in [-0.3, -0.25) is 0 Å². The molecular formula is C9H7BrN2S. The van der Waals surface area contributed by atoms with Crippen LogP contribution in [0.5, 0.6) is 0 Å². The molecule has 0 bridgehead atoms. The van der Waals surface area contributed by atoms with Gasteiger partial charge in [-0.05, 0) is 40.4 Å². The van der Waals surface area contributed by atoms with Crippen LogP contribution >= 0.6 is 27.3 Å². The fourth-order valence-corrected chi connectivity index (χ4v) is 2.20. The van der Waals surface area contributed by atoms with E-state index in [1.807, 2.05) is 30.5 Å². The van der Waals surface area contributed by atoms with E-state index in [0.29, 0.717) is 0 Å². The summed E-state index contributed by atoms with van der Waals surface area (Å²) in [6.45, 7) is 1.96. The average molecular weight is 255 g/mol. The molecule has 0 fully saturated rings. The summed E-state index contributed by atoms with van der Waals surface area (Å²) in [4.78, 5) is 9.74. The lowest BCUT2D eigenvalue weighted by Crippen LogP contribution is -1.89. The van der Waals surface area contributed by atoms with Gasteiger partial charge in [0.15, 0.2) is 5.82 Å². The Morgan fingerprint density at radius 1 is 1.38 bits per heavy atom. The van der Waals surface area contributed by atoms with Gasteiger partial charge in [0, 0.05) is 5.69 Å². The van der Waals surface area contributed by atoms with E-state index in [2.05, 4.69) is 25.9 Å². The smallest absolute Gasteiger partial charge is 0.170 e. The Balaban J connectivity index is 2.53. The third-order valence-electron chi connectivity index (χ3n) is 1.56. The van der Waals surface area contributed by atoms with Crippen LogP contribution in [0.1, 0.15) is 5.69 Å². The fraction of sp³-hybridized carbons (Fsp3) is 0.111. The molecule has 0 amide bonds. The van der Waals surface area contributed by atoms with Crippen LogP contribution in [-0.2, 0) is 0 Å². The number of rotatable bonds is 1. The van der Waals surface area contributed by atoms with Crippen molar-refractivity contribution in [2.24, 2.45) is 0 Å². The predicted octanol–water partition coefficient (Wildman–Crippen LogP) is 3.28. The van der Waals surface area contributed by atoms with E-state index in [1.165, 1.54) is 0 Å². The number of nitrogens with zero attached hydrogens (tertiary/aromatic N) is 2. The lowest BCUT2D eigenvalue weighted by molar-refractivity contribution is 1.10. The molecule has 2 rings (SSSR count). The van der Waals surface area contributed by atoms with E-state index in [9.17, 15) is 0 Å². The second-order valence-electron chi connectivity index (χ2n) is 2.63. The van der Waals surface area contributed by atoms with Crippen molar-refractivity contribution in [1.29, 1.82) is 0 Å². The molecule has 0 aromatic carbocycles. The molecular weight excluding hydrogens is 248 g/mol. The maximum absolute atomic E-state index is 4.35. The molecule has 2 heterocycles. The summed E-state index contributed by atoms with van der Waals surface area (Å²) >= 11 is 5.00. The second kappa shape index (κ2) is 3.55. The van der Waals surface area contributed by atoms with E-state index < -0.39 is 0 Å². The van der Waals surface area contributed by atoms with Crippen LogP contribution in [0.4, 0.5) is 0 Å². The minimum absolute atomic E-state index is 0.793. The van der Waals surface area contributed by atoms with Crippen molar-refractivity contribution in [1.82, 2.24) is 9.97 Å². The number of hydrogen-bond acceptors (Lipinski definition) is 3. The molecule has 4 heteroatoms. The summed E-state index contributed by atoms with van der Waals surface area (Å²) in [5, 5.41) is 2.02. The standard InChI is InChI=1S/C9H7BrN2S/c1-6-5-8(10)12-9(11-6)7-3-2-4-13-7/h2-5H,1H3. The van der Waals surface area contributed by atoms with Crippen molar-refractivity contribution < 1.29 is 0 Å². The number of hydrogen-bond donors (Lipinski definition) is 0. The third-order valence-corrected chi connectivity index (χ3v) is 2.84. The molecule has 66 valence electrons. The molecule has 2 aromatic rings. The van der Waals surface area contributed by atoms with Gasteiger partial charge in [-0.2, -0.15) is 0 Å². The molecule has 0 radical (unpaired) electrons. The second-order valence-corrected chi connectivity index (χ2v) is 4.39. The predicted molar refractivity (Wildman–Crippen MR) is 57.8 cm³/mol. The van der Waals surface area contributed by atoms with Crippen molar-refractivity contribution in [2.45, 2.75) is 6.92 Å². The van der Waals surface area contributed by atoms with Gasteiger partial charge in [0.2, 0.25) is 0 Å². The SMILES string of the molecule is Cc1cc(Br)nc(-c2cccs2)n1. The lowest BCUT2D eigenvalue weighted by atomic mass is 10.4. The number of aromatic nitrogens is 2. The van der Waals surface area contributed by atoms with Crippen LogP contribution in [0.25, 0.3) is 10.7 Å². The van der Waals surface area contributed by atoms with Gasteiger partial charge in [-0.25, -0.2) is 9.97 Å². The molecule has 0 saturated heterocycles. The molecule has 0 saturated carbocycles. The quantitative estimate of drug-likeness (QED) is 0.731.